The Labute approximate surface area is 111 Å². The molecule has 2 rings (SSSR count). The van der Waals surface area contributed by atoms with Gasteiger partial charge in [-0.15, -0.1) is 0 Å². The average Bonchev–Trinajstić information content (AvgIpc) is 2.86. The van der Waals surface area contributed by atoms with E-state index in [9.17, 15) is 4.79 Å². The van der Waals surface area contributed by atoms with Gasteiger partial charge >= 0.3 is 0 Å². The van der Waals surface area contributed by atoms with Crippen LogP contribution >= 0.6 is 0 Å². The highest BCUT2D eigenvalue weighted by atomic mass is 16.3. The fourth-order valence-electron chi connectivity index (χ4n) is 1.49. The molecule has 2 aromatic rings. The van der Waals surface area contributed by atoms with Crippen molar-refractivity contribution in [1.29, 1.82) is 0 Å². The lowest BCUT2D eigenvalue weighted by atomic mass is 10.1. The maximum Gasteiger partial charge on any atom is 0.273 e. The summed E-state index contributed by atoms with van der Waals surface area (Å²) in [6.45, 7) is 4.05. The van der Waals surface area contributed by atoms with Crippen LogP contribution in [0.1, 0.15) is 24.3 Å². The third-order valence-electron chi connectivity index (χ3n) is 2.46. The number of oxazole rings is 1. The third kappa shape index (κ3) is 3.66. The normalized spacial score (nSPS) is 11.3. The zero-order valence-electron chi connectivity index (χ0n) is 11.0. The molecule has 0 atom stereocenters. The minimum Gasteiger partial charge on any atom is -0.444 e. The molecule has 0 saturated heterocycles. The topological polar surface area (TPSA) is 81.1 Å². The Balaban J connectivity index is 2.07. The summed E-state index contributed by atoms with van der Waals surface area (Å²) in [5.41, 5.74) is 6.43. The van der Waals surface area contributed by atoms with Crippen LogP contribution in [0.2, 0.25) is 0 Å². The SMILES string of the molecule is CC(C)(N)CNC(=O)c1coc(-c2ccccc2)n1. The van der Waals surface area contributed by atoms with Crippen LogP contribution in [0.3, 0.4) is 0 Å². The summed E-state index contributed by atoms with van der Waals surface area (Å²) in [4.78, 5) is 16.0. The van der Waals surface area contributed by atoms with E-state index in [1.54, 1.807) is 0 Å². The molecule has 0 aliphatic rings. The molecule has 1 aromatic heterocycles. The first-order valence-corrected chi connectivity index (χ1v) is 6.04. The molecule has 0 fully saturated rings. The smallest absolute Gasteiger partial charge is 0.273 e. The fourth-order valence-corrected chi connectivity index (χ4v) is 1.49. The molecular formula is C14H17N3O2. The van der Waals surface area contributed by atoms with Gasteiger partial charge in [0.15, 0.2) is 5.69 Å². The Kier molecular flexibility index (Phi) is 3.66. The number of nitrogens with two attached hydrogens (primary N) is 1. The first-order chi connectivity index (χ1) is 8.96. The molecule has 5 heteroatoms. The van der Waals surface area contributed by atoms with Crippen LogP contribution in [0, 0.1) is 0 Å². The van der Waals surface area contributed by atoms with E-state index in [1.165, 1.54) is 6.26 Å². The first kappa shape index (κ1) is 13.3. The van der Waals surface area contributed by atoms with Gasteiger partial charge in [0.1, 0.15) is 6.26 Å². The minimum atomic E-state index is -0.457. The molecule has 1 aromatic carbocycles. The van der Waals surface area contributed by atoms with Crippen LogP contribution < -0.4 is 11.1 Å². The lowest BCUT2D eigenvalue weighted by molar-refractivity contribution is 0.0941. The molecule has 0 aliphatic heterocycles. The molecule has 19 heavy (non-hydrogen) atoms. The van der Waals surface area contributed by atoms with Crippen LogP contribution in [0.4, 0.5) is 0 Å². The number of hydrogen-bond donors (Lipinski definition) is 2. The van der Waals surface area contributed by atoms with Crippen LogP contribution in [0.5, 0.6) is 0 Å². The van der Waals surface area contributed by atoms with Gasteiger partial charge in [0.2, 0.25) is 5.89 Å². The standard InChI is InChI=1S/C14H17N3O2/c1-14(2,15)9-16-12(18)11-8-19-13(17-11)10-6-4-3-5-7-10/h3-8H,9,15H2,1-2H3,(H,16,18). The lowest BCUT2D eigenvalue weighted by Gasteiger charge is -2.18. The number of rotatable bonds is 4. The quantitative estimate of drug-likeness (QED) is 0.877. The highest BCUT2D eigenvalue weighted by molar-refractivity contribution is 5.92. The summed E-state index contributed by atoms with van der Waals surface area (Å²) in [5.74, 6) is 0.141. The number of nitrogens with one attached hydrogen (secondary N) is 1. The van der Waals surface area contributed by atoms with Crippen molar-refractivity contribution in [3.8, 4) is 11.5 Å². The van der Waals surface area contributed by atoms with Gasteiger partial charge in [-0.05, 0) is 26.0 Å². The van der Waals surface area contributed by atoms with Gasteiger partial charge in [-0.1, -0.05) is 18.2 Å². The van der Waals surface area contributed by atoms with E-state index in [-0.39, 0.29) is 11.6 Å². The second-order valence-corrected chi connectivity index (χ2v) is 5.08. The number of nitrogens with zero attached hydrogens (tertiary/aromatic N) is 1. The Hall–Kier alpha value is -2.14. The maximum atomic E-state index is 11.8. The number of carbonyl (C=O) groups excluding carboxylic acids is 1. The van der Waals surface area contributed by atoms with E-state index in [0.717, 1.165) is 5.56 Å². The van der Waals surface area contributed by atoms with Crippen LogP contribution in [0.15, 0.2) is 41.0 Å². The molecule has 0 spiro atoms. The summed E-state index contributed by atoms with van der Waals surface area (Å²) in [5, 5.41) is 2.72. The van der Waals surface area contributed by atoms with E-state index in [0.29, 0.717) is 12.4 Å². The van der Waals surface area contributed by atoms with E-state index in [1.807, 2.05) is 44.2 Å². The van der Waals surface area contributed by atoms with Crippen molar-refractivity contribution in [2.24, 2.45) is 5.73 Å². The third-order valence-corrected chi connectivity index (χ3v) is 2.46. The number of carbonyl (C=O) groups is 1. The zero-order valence-corrected chi connectivity index (χ0v) is 11.0. The van der Waals surface area contributed by atoms with E-state index < -0.39 is 5.54 Å². The molecule has 0 bridgehead atoms. The molecule has 1 amide bonds. The average molecular weight is 259 g/mol. The number of aromatic nitrogens is 1. The second-order valence-electron chi connectivity index (χ2n) is 5.08. The molecule has 100 valence electrons. The van der Waals surface area contributed by atoms with Crippen molar-refractivity contribution in [2.45, 2.75) is 19.4 Å². The Morgan fingerprint density at radius 1 is 1.37 bits per heavy atom. The van der Waals surface area contributed by atoms with Gasteiger partial charge in [0.25, 0.3) is 5.91 Å². The van der Waals surface area contributed by atoms with Crippen molar-refractivity contribution in [3.05, 3.63) is 42.3 Å². The molecule has 0 radical (unpaired) electrons. The fraction of sp³-hybridized carbons (Fsp3) is 0.286. The molecular weight excluding hydrogens is 242 g/mol. The van der Waals surface area contributed by atoms with Gasteiger partial charge in [-0.25, -0.2) is 4.98 Å². The molecule has 1 heterocycles. The van der Waals surface area contributed by atoms with Gasteiger partial charge in [0, 0.05) is 17.6 Å². The van der Waals surface area contributed by atoms with Gasteiger partial charge in [0.05, 0.1) is 0 Å². The molecule has 3 N–H and O–H groups in total. The van der Waals surface area contributed by atoms with Gasteiger partial charge in [-0.2, -0.15) is 0 Å². The summed E-state index contributed by atoms with van der Waals surface area (Å²) in [6.07, 6.45) is 1.35. The van der Waals surface area contributed by atoms with Gasteiger partial charge < -0.3 is 15.5 Å². The molecule has 0 unspecified atom stereocenters. The molecule has 5 nitrogen and oxygen atoms in total. The zero-order chi connectivity index (χ0) is 13.9. The molecule has 0 aliphatic carbocycles. The lowest BCUT2D eigenvalue weighted by Crippen LogP contribution is -2.45. The monoisotopic (exact) mass is 259 g/mol. The predicted molar refractivity (Wildman–Crippen MR) is 72.5 cm³/mol. The summed E-state index contributed by atoms with van der Waals surface area (Å²) >= 11 is 0. The minimum absolute atomic E-state index is 0.253. The first-order valence-electron chi connectivity index (χ1n) is 6.04. The number of amides is 1. The van der Waals surface area contributed by atoms with Crippen molar-refractivity contribution in [1.82, 2.24) is 10.3 Å². The van der Waals surface area contributed by atoms with Crippen LogP contribution in [-0.2, 0) is 0 Å². The van der Waals surface area contributed by atoms with Gasteiger partial charge in [-0.3, -0.25) is 4.79 Å². The molecule has 0 saturated carbocycles. The Bertz CT molecular complexity index is 556. The predicted octanol–water partition coefficient (Wildman–Crippen LogP) is 1.81. The van der Waals surface area contributed by atoms with Crippen LogP contribution in [-0.4, -0.2) is 23.0 Å². The van der Waals surface area contributed by atoms with Crippen molar-refractivity contribution in [3.63, 3.8) is 0 Å². The second kappa shape index (κ2) is 5.24. The number of benzene rings is 1. The van der Waals surface area contributed by atoms with Crippen molar-refractivity contribution >= 4 is 5.91 Å². The Morgan fingerprint density at radius 2 is 2.05 bits per heavy atom. The summed E-state index contributed by atoms with van der Waals surface area (Å²) in [6, 6.07) is 9.42. The highest BCUT2D eigenvalue weighted by Gasteiger charge is 2.16. The van der Waals surface area contributed by atoms with Crippen molar-refractivity contribution < 1.29 is 9.21 Å². The van der Waals surface area contributed by atoms with Crippen molar-refractivity contribution in [2.75, 3.05) is 6.54 Å². The number of hydrogen-bond acceptors (Lipinski definition) is 4. The van der Waals surface area contributed by atoms with Crippen LogP contribution in [0.25, 0.3) is 11.5 Å². The summed E-state index contributed by atoms with van der Waals surface area (Å²) < 4.78 is 5.30. The largest absolute Gasteiger partial charge is 0.444 e. The van der Waals surface area contributed by atoms with E-state index in [2.05, 4.69) is 10.3 Å². The maximum absolute atomic E-state index is 11.8. The van der Waals surface area contributed by atoms with E-state index in [4.69, 9.17) is 10.2 Å². The summed E-state index contributed by atoms with van der Waals surface area (Å²) in [7, 11) is 0. The Morgan fingerprint density at radius 3 is 2.68 bits per heavy atom. The van der Waals surface area contributed by atoms with E-state index >= 15 is 0 Å². The highest BCUT2D eigenvalue weighted by Crippen LogP contribution is 2.17.